The minimum absolute atomic E-state index is 0.335. The predicted molar refractivity (Wildman–Crippen MR) is 88.5 cm³/mol. The Morgan fingerprint density at radius 3 is 2.57 bits per heavy atom. The van der Waals surface area contributed by atoms with Crippen molar-refractivity contribution >= 4 is 12.6 Å². The molecule has 7 heteroatoms. The van der Waals surface area contributed by atoms with Crippen molar-refractivity contribution in [2.45, 2.75) is 64.5 Å². The van der Waals surface area contributed by atoms with Gasteiger partial charge in [0.2, 0.25) is 0 Å². The number of likely N-dealkylation sites (tertiary alicyclic amines) is 1. The van der Waals surface area contributed by atoms with E-state index in [2.05, 4.69) is 10.00 Å². The summed E-state index contributed by atoms with van der Waals surface area (Å²) in [7, 11) is -0.361. The van der Waals surface area contributed by atoms with Gasteiger partial charge in [-0.05, 0) is 40.5 Å². The van der Waals surface area contributed by atoms with Crippen molar-refractivity contribution in [2.24, 2.45) is 0 Å². The van der Waals surface area contributed by atoms with Gasteiger partial charge in [0.25, 0.3) is 0 Å². The molecule has 0 aliphatic carbocycles. The van der Waals surface area contributed by atoms with Crippen molar-refractivity contribution < 1.29 is 13.7 Å². The standard InChI is InChI=1S/C16H27BFN3O2/c1-15(2)16(3,4)23-17(22-15)13-10-19-21(11-13)8-5-7-20-9-6-14(18)12-20/h10-11,14H,5-9,12H2,1-4H3. The van der Waals surface area contributed by atoms with Crippen LogP contribution in [0.5, 0.6) is 0 Å². The van der Waals surface area contributed by atoms with E-state index in [9.17, 15) is 4.39 Å². The minimum Gasteiger partial charge on any atom is -0.399 e. The summed E-state index contributed by atoms with van der Waals surface area (Å²) < 4.78 is 27.1. The number of alkyl halides is 1. The molecular formula is C16H27BFN3O2. The van der Waals surface area contributed by atoms with Crippen LogP contribution < -0.4 is 5.46 Å². The second kappa shape index (κ2) is 6.18. The largest absolute Gasteiger partial charge is 0.498 e. The van der Waals surface area contributed by atoms with Crippen LogP contribution in [0.1, 0.15) is 40.5 Å². The molecule has 2 saturated heterocycles. The first-order valence-electron chi connectivity index (χ1n) is 8.51. The van der Waals surface area contributed by atoms with Crippen LogP contribution >= 0.6 is 0 Å². The molecule has 1 unspecified atom stereocenters. The predicted octanol–water partition coefficient (Wildman–Crippen LogP) is 1.62. The van der Waals surface area contributed by atoms with Crippen molar-refractivity contribution in [1.82, 2.24) is 14.7 Å². The molecule has 0 saturated carbocycles. The van der Waals surface area contributed by atoms with Gasteiger partial charge in [-0.3, -0.25) is 4.68 Å². The van der Waals surface area contributed by atoms with Crippen LogP contribution in [0.3, 0.4) is 0 Å². The van der Waals surface area contributed by atoms with Crippen LogP contribution in [0.25, 0.3) is 0 Å². The number of hydrogen-bond donors (Lipinski definition) is 0. The van der Waals surface area contributed by atoms with Crippen LogP contribution in [0, 0.1) is 0 Å². The summed E-state index contributed by atoms with van der Waals surface area (Å²) in [6.45, 7) is 11.4. The van der Waals surface area contributed by atoms with Crippen molar-refractivity contribution in [3.05, 3.63) is 12.4 Å². The summed E-state index contributed by atoms with van der Waals surface area (Å²) in [6, 6.07) is 0. The lowest BCUT2D eigenvalue weighted by Crippen LogP contribution is -2.41. The van der Waals surface area contributed by atoms with E-state index in [1.807, 2.05) is 44.8 Å². The Kier molecular flexibility index (Phi) is 4.55. The maximum Gasteiger partial charge on any atom is 0.498 e. The van der Waals surface area contributed by atoms with Crippen molar-refractivity contribution in [3.8, 4) is 0 Å². The fourth-order valence-corrected chi connectivity index (χ4v) is 3.05. The van der Waals surface area contributed by atoms with Gasteiger partial charge in [0.15, 0.2) is 0 Å². The fourth-order valence-electron chi connectivity index (χ4n) is 3.05. The fraction of sp³-hybridized carbons (Fsp3) is 0.812. The highest BCUT2D eigenvalue weighted by Crippen LogP contribution is 2.36. The molecule has 2 fully saturated rings. The van der Waals surface area contributed by atoms with E-state index in [1.54, 1.807) is 0 Å². The molecule has 0 bridgehead atoms. The SMILES string of the molecule is CC1(C)OB(c2cnn(CCCN3CCC(F)C3)c2)OC1(C)C. The third-order valence-corrected chi connectivity index (χ3v) is 5.26. The molecule has 0 aromatic carbocycles. The molecule has 2 aliphatic rings. The lowest BCUT2D eigenvalue weighted by molar-refractivity contribution is 0.00578. The Hall–Kier alpha value is -0.915. The molecule has 0 radical (unpaired) electrons. The first-order valence-corrected chi connectivity index (χ1v) is 8.51. The first-order chi connectivity index (χ1) is 10.8. The highest BCUT2D eigenvalue weighted by atomic mass is 19.1. The van der Waals surface area contributed by atoms with E-state index >= 15 is 0 Å². The molecule has 1 aromatic rings. The summed E-state index contributed by atoms with van der Waals surface area (Å²) >= 11 is 0. The number of rotatable bonds is 5. The third-order valence-electron chi connectivity index (χ3n) is 5.26. The molecule has 1 atom stereocenters. The lowest BCUT2D eigenvalue weighted by atomic mass is 9.82. The van der Waals surface area contributed by atoms with E-state index in [1.165, 1.54) is 0 Å². The molecule has 3 rings (SSSR count). The highest BCUT2D eigenvalue weighted by Gasteiger charge is 2.52. The molecule has 0 N–H and O–H groups in total. The smallest absolute Gasteiger partial charge is 0.399 e. The molecule has 3 heterocycles. The molecule has 2 aliphatic heterocycles. The maximum absolute atomic E-state index is 13.1. The van der Waals surface area contributed by atoms with E-state index in [0.717, 1.165) is 31.5 Å². The van der Waals surface area contributed by atoms with Crippen LogP contribution in [0.4, 0.5) is 4.39 Å². The Morgan fingerprint density at radius 2 is 1.96 bits per heavy atom. The summed E-state index contributed by atoms with van der Waals surface area (Å²) in [6.07, 6.45) is 4.81. The van der Waals surface area contributed by atoms with Crippen molar-refractivity contribution in [3.63, 3.8) is 0 Å². The molecule has 5 nitrogen and oxygen atoms in total. The van der Waals surface area contributed by atoms with Crippen LogP contribution in [-0.4, -0.2) is 58.8 Å². The molecule has 0 amide bonds. The topological polar surface area (TPSA) is 39.5 Å². The third kappa shape index (κ3) is 3.62. The number of aromatic nitrogens is 2. The van der Waals surface area contributed by atoms with Gasteiger partial charge in [-0.25, -0.2) is 4.39 Å². The summed E-state index contributed by atoms with van der Waals surface area (Å²) in [5.41, 5.74) is 0.283. The maximum atomic E-state index is 13.1. The van der Waals surface area contributed by atoms with Gasteiger partial charge in [-0.15, -0.1) is 0 Å². The van der Waals surface area contributed by atoms with Gasteiger partial charge < -0.3 is 14.2 Å². The Labute approximate surface area is 138 Å². The number of aryl methyl sites for hydroxylation is 1. The normalized spacial score (nSPS) is 27.0. The Bertz CT molecular complexity index is 533. The molecule has 128 valence electrons. The zero-order valence-corrected chi connectivity index (χ0v) is 14.6. The van der Waals surface area contributed by atoms with Gasteiger partial charge in [0.1, 0.15) is 6.17 Å². The van der Waals surface area contributed by atoms with Crippen LogP contribution in [-0.2, 0) is 15.9 Å². The molecular weight excluding hydrogens is 296 g/mol. The second-order valence-electron chi connectivity index (χ2n) is 7.67. The summed E-state index contributed by atoms with van der Waals surface area (Å²) in [4.78, 5) is 2.18. The van der Waals surface area contributed by atoms with E-state index in [-0.39, 0.29) is 18.3 Å². The average Bonchev–Trinajstić information content (AvgIpc) is 3.11. The van der Waals surface area contributed by atoms with Gasteiger partial charge in [-0.1, -0.05) is 0 Å². The number of halogens is 1. The molecule has 0 spiro atoms. The van der Waals surface area contributed by atoms with E-state index in [0.29, 0.717) is 13.0 Å². The van der Waals surface area contributed by atoms with Gasteiger partial charge in [0.05, 0.1) is 11.2 Å². The zero-order chi connectivity index (χ0) is 16.7. The van der Waals surface area contributed by atoms with E-state index in [4.69, 9.17) is 9.31 Å². The average molecular weight is 323 g/mol. The van der Waals surface area contributed by atoms with E-state index < -0.39 is 6.17 Å². The molecule has 1 aromatic heterocycles. The highest BCUT2D eigenvalue weighted by molar-refractivity contribution is 6.61. The van der Waals surface area contributed by atoms with Crippen LogP contribution in [0.2, 0.25) is 0 Å². The van der Waals surface area contributed by atoms with Gasteiger partial charge in [0, 0.05) is 44.0 Å². The monoisotopic (exact) mass is 323 g/mol. The van der Waals surface area contributed by atoms with Crippen molar-refractivity contribution in [2.75, 3.05) is 19.6 Å². The first kappa shape index (κ1) is 16.9. The Balaban J connectivity index is 1.51. The Morgan fingerprint density at radius 1 is 1.26 bits per heavy atom. The minimum atomic E-state index is -0.644. The molecule has 23 heavy (non-hydrogen) atoms. The summed E-state index contributed by atoms with van der Waals surface area (Å²) in [5, 5.41) is 4.40. The van der Waals surface area contributed by atoms with Crippen molar-refractivity contribution in [1.29, 1.82) is 0 Å². The van der Waals surface area contributed by atoms with Gasteiger partial charge in [-0.2, -0.15) is 5.10 Å². The number of hydrogen-bond acceptors (Lipinski definition) is 4. The zero-order valence-electron chi connectivity index (χ0n) is 14.6. The van der Waals surface area contributed by atoms with Gasteiger partial charge >= 0.3 is 7.12 Å². The quantitative estimate of drug-likeness (QED) is 0.772. The second-order valence-corrected chi connectivity index (χ2v) is 7.67. The summed E-state index contributed by atoms with van der Waals surface area (Å²) in [5.74, 6) is 0. The number of nitrogens with zero attached hydrogens (tertiary/aromatic N) is 3. The lowest BCUT2D eigenvalue weighted by Gasteiger charge is -2.32. The van der Waals surface area contributed by atoms with Crippen LogP contribution in [0.15, 0.2) is 12.4 Å².